The molecule has 2 unspecified atom stereocenters. The standard InChI is InChI=1S/C18H23NOS/c1-4-19-17(18-12(2)11-13(3)21-18)15-9-10-20-16-8-6-5-7-14(15)16/h5-8,11,15,17,19H,4,9-10H2,1-3H3. The number of benzene rings is 1. The van der Waals surface area contributed by atoms with E-state index in [9.17, 15) is 0 Å². The number of fused-ring (bicyclic) bond motifs is 1. The summed E-state index contributed by atoms with van der Waals surface area (Å²) < 4.78 is 5.83. The van der Waals surface area contributed by atoms with Gasteiger partial charge in [0.25, 0.3) is 0 Å². The summed E-state index contributed by atoms with van der Waals surface area (Å²) in [6.45, 7) is 8.41. The fraction of sp³-hybridized carbons (Fsp3) is 0.444. The molecule has 112 valence electrons. The molecule has 1 aromatic carbocycles. The van der Waals surface area contributed by atoms with Crippen molar-refractivity contribution in [1.82, 2.24) is 5.32 Å². The van der Waals surface area contributed by atoms with Crippen molar-refractivity contribution in [2.75, 3.05) is 13.2 Å². The van der Waals surface area contributed by atoms with E-state index in [0.717, 1.165) is 25.3 Å². The summed E-state index contributed by atoms with van der Waals surface area (Å²) >= 11 is 1.93. The lowest BCUT2D eigenvalue weighted by molar-refractivity contribution is 0.247. The van der Waals surface area contributed by atoms with Crippen LogP contribution in [0.25, 0.3) is 0 Å². The van der Waals surface area contributed by atoms with Crippen LogP contribution in [-0.2, 0) is 0 Å². The SMILES string of the molecule is CCNC(c1sc(C)cc1C)C1CCOc2ccccc21. The molecule has 2 heterocycles. The highest BCUT2D eigenvalue weighted by Gasteiger charge is 2.31. The molecule has 2 nitrogen and oxygen atoms in total. The Balaban J connectivity index is 2.01. The lowest BCUT2D eigenvalue weighted by Gasteiger charge is -2.33. The molecule has 0 fully saturated rings. The van der Waals surface area contributed by atoms with Crippen molar-refractivity contribution in [1.29, 1.82) is 0 Å². The van der Waals surface area contributed by atoms with E-state index >= 15 is 0 Å². The highest BCUT2D eigenvalue weighted by Crippen LogP contribution is 2.43. The minimum atomic E-state index is 0.388. The van der Waals surface area contributed by atoms with Gasteiger partial charge in [-0.1, -0.05) is 25.1 Å². The minimum absolute atomic E-state index is 0.388. The largest absolute Gasteiger partial charge is 0.493 e. The summed E-state index contributed by atoms with van der Waals surface area (Å²) in [5.74, 6) is 1.55. The zero-order valence-corrected chi connectivity index (χ0v) is 13.8. The molecule has 0 saturated carbocycles. The van der Waals surface area contributed by atoms with E-state index in [4.69, 9.17) is 4.74 Å². The molecule has 0 amide bonds. The smallest absolute Gasteiger partial charge is 0.122 e. The molecule has 2 atom stereocenters. The molecule has 1 aliphatic heterocycles. The Bertz CT molecular complexity index is 619. The molecule has 3 heteroatoms. The molecule has 3 rings (SSSR count). The molecule has 0 spiro atoms. The van der Waals surface area contributed by atoms with Crippen LogP contribution in [0.4, 0.5) is 0 Å². The molecule has 0 bridgehead atoms. The second-order valence-electron chi connectivity index (χ2n) is 5.72. The summed E-state index contributed by atoms with van der Waals surface area (Å²) in [6, 6.07) is 11.2. The number of aryl methyl sites for hydroxylation is 2. The van der Waals surface area contributed by atoms with Gasteiger partial charge in [0.15, 0.2) is 0 Å². The van der Waals surface area contributed by atoms with Crippen LogP contribution in [0.1, 0.15) is 46.2 Å². The molecule has 1 aromatic heterocycles. The molecule has 0 radical (unpaired) electrons. The minimum Gasteiger partial charge on any atom is -0.493 e. The monoisotopic (exact) mass is 301 g/mol. The van der Waals surface area contributed by atoms with Crippen molar-refractivity contribution in [3.63, 3.8) is 0 Å². The maximum absolute atomic E-state index is 5.83. The van der Waals surface area contributed by atoms with Crippen molar-refractivity contribution in [3.05, 3.63) is 51.2 Å². The number of likely N-dealkylation sites (N-methyl/N-ethyl adjacent to an activating group) is 1. The normalized spacial score (nSPS) is 18.9. The van der Waals surface area contributed by atoms with Gasteiger partial charge in [-0.05, 0) is 50.1 Å². The second kappa shape index (κ2) is 6.20. The first-order valence-electron chi connectivity index (χ1n) is 7.72. The highest BCUT2D eigenvalue weighted by atomic mass is 32.1. The number of rotatable bonds is 4. The maximum Gasteiger partial charge on any atom is 0.122 e. The van der Waals surface area contributed by atoms with E-state index in [1.54, 1.807) is 0 Å². The second-order valence-corrected chi connectivity index (χ2v) is 7.01. The maximum atomic E-state index is 5.83. The van der Waals surface area contributed by atoms with Gasteiger partial charge in [0.05, 0.1) is 6.61 Å². The van der Waals surface area contributed by atoms with E-state index in [-0.39, 0.29) is 0 Å². The van der Waals surface area contributed by atoms with Gasteiger partial charge >= 0.3 is 0 Å². The summed E-state index contributed by atoms with van der Waals surface area (Å²) in [5, 5.41) is 3.72. The van der Waals surface area contributed by atoms with Crippen LogP contribution in [0.3, 0.4) is 0 Å². The Hall–Kier alpha value is -1.32. The quantitative estimate of drug-likeness (QED) is 0.892. The van der Waals surface area contributed by atoms with Gasteiger partial charge in [-0.25, -0.2) is 0 Å². The lowest BCUT2D eigenvalue weighted by Crippen LogP contribution is -2.30. The predicted molar refractivity (Wildman–Crippen MR) is 89.5 cm³/mol. The van der Waals surface area contributed by atoms with Crippen LogP contribution in [-0.4, -0.2) is 13.2 Å². The van der Waals surface area contributed by atoms with Gasteiger partial charge in [-0.2, -0.15) is 0 Å². The summed E-state index contributed by atoms with van der Waals surface area (Å²) in [7, 11) is 0. The summed E-state index contributed by atoms with van der Waals surface area (Å²) in [4.78, 5) is 2.88. The molecule has 1 aliphatic rings. The van der Waals surface area contributed by atoms with Gasteiger partial charge in [0.2, 0.25) is 0 Å². The first-order valence-corrected chi connectivity index (χ1v) is 8.54. The van der Waals surface area contributed by atoms with Gasteiger partial charge in [0, 0.05) is 21.7 Å². The molecule has 2 aromatic rings. The summed E-state index contributed by atoms with van der Waals surface area (Å²) in [6.07, 6.45) is 1.07. The topological polar surface area (TPSA) is 21.3 Å². The van der Waals surface area contributed by atoms with Gasteiger partial charge in [-0.15, -0.1) is 11.3 Å². The zero-order valence-electron chi connectivity index (χ0n) is 13.0. The first-order chi connectivity index (χ1) is 10.2. The predicted octanol–water partition coefficient (Wildman–Crippen LogP) is 4.58. The fourth-order valence-corrected chi connectivity index (χ4v) is 4.50. The highest BCUT2D eigenvalue weighted by molar-refractivity contribution is 7.12. The Morgan fingerprint density at radius 2 is 2.14 bits per heavy atom. The Morgan fingerprint density at radius 1 is 1.33 bits per heavy atom. The van der Waals surface area contributed by atoms with Gasteiger partial charge in [0.1, 0.15) is 5.75 Å². The van der Waals surface area contributed by atoms with Crippen LogP contribution >= 0.6 is 11.3 Å². The van der Waals surface area contributed by atoms with Crippen LogP contribution in [0, 0.1) is 13.8 Å². The Labute approximate surface area is 131 Å². The van der Waals surface area contributed by atoms with Gasteiger partial charge < -0.3 is 10.1 Å². The molecule has 21 heavy (non-hydrogen) atoms. The van der Waals surface area contributed by atoms with Crippen molar-refractivity contribution < 1.29 is 4.74 Å². The average molecular weight is 301 g/mol. The first kappa shape index (κ1) is 14.6. The molecule has 0 saturated heterocycles. The molecular weight excluding hydrogens is 278 g/mol. The van der Waals surface area contributed by atoms with E-state index < -0.39 is 0 Å². The van der Waals surface area contributed by atoms with Crippen molar-refractivity contribution >= 4 is 11.3 Å². The molecule has 1 N–H and O–H groups in total. The lowest BCUT2D eigenvalue weighted by atomic mass is 9.85. The van der Waals surface area contributed by atoms with Crippen LogP contribution in [0.5, 0.6) is 5.75 Å². The van der Waals surface area contributed by atoms with E-state index in [2.05, 4.69) is 56.4 Å². The molecule has 0 aliphatic carbocycles. The van der Waals surface area contributed by atoms with Crippen LogP contribution in [0.2, 0.25) is 0 Å². The number of hydrogen-bond donors (Lipinski definition) is 1. The number of para-hydroxylation sites is 1. The third-order valence-corrected chi connectivity index (χ3v) is 5.43. The number of hydrogen-bond acceptors (Lipinski definition) is 3. The van der Waals surface area contributed by atoms with Crippen LogP contribution in [0.15, 0.2) is 30.3 Å². The Morgan fingerprint density at radius 3 is 2.86 bits per heavy atom. The third kappa shape index (κ3) is 2.85. The van der Waals surface area contributed by atoms with E-state index in [0.29, 0.717) is 12.0 Å². The molecular formula is C18H23NOS. The van der Waals surface area contributed by atoms with Crippen molar-refractivity contribution in [2.24, 2.45) is 0 Å². The Kier molecular flexibility index (Phi) is 4.32. The number of ether oxygens (including phenoxy) is 1. The van der Waals surface area contributed by atoms with E-state index in [1.807, 2.05) is 11.3 Å². The summed E-state index contributed by atoms with van der Waals surface area (Å²) in [5.41, 5.74) is 2.76. The van der Waals surface area contributed by atoms with Crippen molar-refractivity contribution in [3.8, 4) is 5.75 Å². The third-order valence-electron chi connectivity index (χ3n) is 4.19. The van der Waals surface area contributed by atoms with E-state index in [1.165, 1.54) is 20.9 Å². The zero-order chi connectivity index (χ0) is 14.8. The average Bonchev–Trinajstić information content (AvgIpc) is 2.83. The number of nitrogens with one attached hydrogen (secondary N) is 1. The van der Waals surface area contributed by atoms with Crippen LogP contribution < -0.4 is 10.1 Å². The number of thiophene rings is 1. The van der Waals surface area contributed by atoms with Gasteiger partial charge in [-0.3, -0.25) is 0 Å². The fourth-order valence-electron chi connectivity index (χ4n) is 3.32. The van der Waals surface area contributed by atoms with Crippen molar-refractivity contribution in [2.45, 2.75) is 39.2 Å².